The number of rotatable bonds is 30. The average molecular weight is 568 g/mol. The number of hydrogen-bond acceptors (Lipinski definition) is 6. The molecule has 7 heteroatoms. The SMILES string of the molecule is CCCCCCCCCCCCCCCCCC(=O)OCCOCCOCCOCCOCCBr. The van der Waals surface area contributed by atoms with Crippen LogP contribution in [0.1, 0.15) is 110 Å². The number of halogens is 1. The lowest BCUT2D eigenvalue weighted by Crippen LogP contribution is -2.14. The van der Waals surface area contributed by atoms with Crippen LogP contribution in [0.5, 0.6) is 0 Å². The van der Waals surface area contributed by atoms with E-state index in [1.807, 2.05) is 0 Å². The van der Waals surface area contributed by atoms with E-state index < -0.39 is 0 Å². The molecule has 35 heavy (non-hydrogen) atoms. The Kier molecular flexibility index (Phi) is 31.6. The van der Waals surface area contributed by atoms with Gasteiger partial charge in [-0.2, -0.15) is 0 Å². The third kappa shape index (κ3) is 31.8. The summed E-state index contributed by atoms with van der Waals surface area (Å²) in [5, 5.41) is 0.842. The highest BCUT2D eigenvalue weighted by molar-refractivity contribution is 9.09. The fourth-order valence-corrected chi connectivity index (χ4v) is 3.97. The van der Waals surface area contributed by atoms with Gasteiger partial charge >= 0.3 is 5.97 Å². The van der Waals surface area contributed by atoms with Gasteiger partial charge in [-0.15, -0.1) is 0 Å². The van der Waals surface area contributed by atoms with Crippen molar-refractivity contribution in [2.75, 3.05) is 64.8 Å². The van der Waals surface area contributed by atoms with Gasteiger partial charge in [-0.25, -0.2) is 0 Å². The zero-order valence-corrected chi connectivity index (χ0v) is 24.3. The highest BCUT2D eigenvalue weighted by Gasteiger charge is 2.02. The highest BCUT2D eigenvalue weighted by Crippen LogP contribution is 2.13. The molecule has 6 nitrogen and oxygen atoms in total. The highest BCUT2D eigenvalue weighted by atomic mass is 79.9. The Balaban J connectivity index is 3.14. The molecule has 0 aliphatic rings. The van der Waals surface area contributed by atoms with Gasteiger partial charge in [-0.3, -0.25) is 4.79 Å². The molecule has 0 unspecified atom stereocenters. The first-order valence-electron chi connectivity index (χ1n) is 14.3. The molecule has 0 amide bonds. The Morgan fingerprint density at radius 2 is 0.829 bits per heavy atom. The molecule has 0 bridgehead atoms. The van der Waals surface area contributed by atoms with Crippen LogP contribution in [-0.4, -0.2) is 70.8 Å². The number of esters is 1. The maximum Gasteiger partial charge on any atom is 0.305 e. The summed E-state index contributed by atoms with van der Waals surface area (Å²) in [4.78, 5) is 11.8. The van der Waals surface area contributed by atoms with Crippen molar-refractivity contribution in [3.05, 3.63) is 0 Å². The molecule has 0 rings (SSSR count). The van der Waals surface area contributed by atoms with Crippen LogP contribution in [0, 0.1) is 0 Å². The minimum atomic E-state index is -0.114. The standard InChI is InChI=1S/C28H55BrO6/c1-2-3-4-5-6-7-8-9-10-11-12-13-14-15-16-17-28(30)35-27-26-34-25-24-33-23-22-32-21-20-31-19-18-29/h2-27H2,1H3. The first-order valence-corrected chi connectivity index (χ1v) is 15.5. The molecule has 0 aromatic carbocycles. The Bertz CT molecular complexity index is 411. The lowest BCUT2D eigenvalue weighted by atomic mass is 10.0. The van der Waals surface area contributed by atoms with E-state index in [4.69, 9.17) is 23.7 Å². The van der Waals surface area contributed by atoms with Gasteiger partial charge in [-0.1, -0.05) is 113 Å². The quantitative estimate of drug-likeness (QED) is 0.0518. The summed E-state index contributed by atoms with van der Waals surface area (Å²) in [7, 11) is 0. The number of ether oxygens (including phenoxy) is 5. The van der Waals surface area contributed by atoms with Gasteiger partial charge in [0.25, 0.3) is 0 Å². The number of alkyl halides is 1. The van der Waals surface area contributed by atoms with Gasteiger partial charge < -0.3 is 23.7 Å². The zero-order valence-electron chi connectivity index (χ0n) is 22.7. The third-order valence-electron chi connectivity index (χ3n) is 5.81. The summed E-state index contributed by atoms with van der Waals surface area (Å²) in [6, 6.07) is 0. The monoisotopic (exact) mass is 566 g/mol. The van der Waals surface area contributed by atoms with Crippen molar-refractivity contribution in [3.8, 4) is 0 Å². The van der Waals surface area contributed by atoms with Crippen LogP contribution in [0.2, 0.25) is 0 Å². The number of carbonyl (C=O) groups is 1. The van der Waals surface area contributed by atoms with Crippen LogP contribution in [-0.2, 0) is 28.5 Å². The smallest absolute Gasteiger partial charge is 0.305 e. The zero-order chi connectivity index (χ0) is 25.5. The first-order chi connectivity index (χ1) is 17.3. The normalized spacial score (nSPS) is 11.3. The second kappa shape index (κ2) is 31.8. The molecule has 0 atom stereocenters. The van der Waals surface area contributed by atoms with E-state index >= 15 is 0 Å². The van der Waals surface area contributed by atoms with Crippen molar-refractivity contribution in [1.82, 2.24) is 0 Å². The molecule has 0 aromatic heterocycles. The minimum Gasteiger partial charge on any atom is -0.463 e. The summed E-state index contributed by atoms with van der Waals surface area (Å²) in [5.41, 5.74) is 0. The summed E-state index contributed by atoms with van der Waals surface area (Å²) in [6.45, 7) is 6.98. The molecule has 0 aliphatic heterocycles. The second-order valence-corrected chi connectivity index (χ2v) is 9.85. The van der Waals surface area contributed by atoms with Gasteiger partial charge in [0.2, 0.25) is 0 Å². The van der Waals surface area contributed by atoms with E-state index in [0.29, 0.717) is 65.9 Å². The van der Waals surface area contributed by atoms with Crippen LogP contribution in [0.25, 0.3) is 0 Å². The Morgan fingerprint density at radius 1 is 0.486 bits per heavy atom. The summed E-state index contributed by atoms with van der Waals surface area (Å²) >= 11 is 3.30. The summed E-state index contributed by atoms with van der Waals surface area (Å²) in [6.07, 6.45) is 20.4. The van der Waals surface area contributed by atoms with Crippen LogP contribution >= 0.6 is 15.9 Å². The van der Waals surface area contributed by atoms with Gasteiger partial charge in [0.15, 0.2) is 0 Å². The van der Waals surface area contributed by atoms with Crippen LogP contribution < -0.4 is 0 Å². The van der Waals surface area contributed by atoms with Crippen molar-refractivity contribution in [2.45, 2.75) is 110 Å². The summed E-state index contributed by atoms with van der Waals surface area (Å²) in [5.74, 6) is -0.114. The number of hydrogen-bond donors (Lipinski definition) is 0. The topological polar surface area (TPSA) is 63.2 Å². The molecular weight excluding hydrogens is 512 g/mol. The first kappa shape index (κ1) is 34.8. The molecule has 0 saturated carbocycles. The van der Waals surface area contributed by atoms with Gasteiger partial charge in [0.05, 0.1) is 52.9 Å². The fourth-order valence-electron chi connectivity index (χ4n) is 3.74. The molecule has 0 radical (unpaired) electrons. The van der Waals surface area contributed by atoms with E-state index in [-0.39, 0.29) is 5.97 Å². The third-order valence-corrected chi connectivity index (χ3v) is 6.14. The lowest BCUT2D eigenvalue weighted by Gasteiger charge is -2.08. The largest absolute Gasteiger partial charge is 0.463 e. The minimum absolute atomic E-state index is 0.114. The summed E-state index contributed by atoms with van der Waals surface area (Å²) < 4.78 is 26.7. The lowest BCUT2D eigenvalue weighted by molar-refractivity contribution is -0.145. The van der Waals surface area contributed by atoms with Crippen LogP contribution in [0.15, 0.2) is 0 Å². The average Bonchev–Trinajstić information content (AvgIpc) is 2.86. The van der Waals surface area contributed by atoms with E-state index in [2.05, 4.69) is 22.9 Å². The van der Waals surface area contributed by atoms with Crippen LogP contribution in [0.4, 0.5) is 0 Å². The molecule has 0 N–H and O–H groups in total. The van der Waals surface area contributed by atoms with Gasteiger partial charge in [0, 0.05) is 11.8 Å². The maximum absolute atomic E-state index is 11.8. The number of carbonyl (C=O) groups excluding carboxylic acids is 1. The van der Waals surface area contributed by atoms with Crippen molar-refractivity contribution in [2.24, 2.45) is 0 Å². The maximum atomic E-state index is 11.8. The molecule has 0 fully saturated rings. The van der Waals surface area contributed by atoms with Gasteiger partial charge in [-0.05, 0) is 6.42 Å². The van der Waals surface area contributed by atoms with E-state index in [1.54, 1.807) is 0 Å². The molecule has 210 valence electrons. The molecule has 0 spiro atoms. The van der Waals surface area contributed by atoms with E-state index in [9.17, 15) is 4.79 Å². The molecule has 0 saturated heterocycles. The van der Waals surface area contributed by atoms with Crippen molar-refractivity contribution in [1.29, 1.82) is 0 Å². The molecule has 0 aliphatic carbocycles. The van der Waals surface area contributed by atoms with Crippen molar-refractivity contribution < 1.29 is 28.5 Å². The number of unbranched alkanes of at least 4 members (excludes halogenated alkanes) is 14. The molecule has 0 heterocycles. The molecular formula is C28H55BrO6. The van der Waals surface area contributed by atoms with Crippen molar-refractivity contribution in [3.63, 3.8) is 0 Å². The van der Waals surface area contributed by atoms with Crippen molar-refractivity contribution >= 4 is 21.9 Å². The Labute approximate surface area is 224 Å². The fraction of sp³-hybridized carbons (Fsp3) is 0.964. The second-order valence-electron chi connectivity index (χ2n) is 9.06. The predicted octanol–water partition coefficient (Wildman–Crippen LogP) is 7.25. The Hall–Kier alpha value is -0.210. The predicted molar refractivity (Wildman–Crippen MR) is 148 cm³/mol. The Morgan fingerprint density at radius 3 is 1.23 bits per heavy atom. The molecule has 0 aromatic rings. The van der Waals surface area contributed by atoms with E-state index in [0.717, 1.165) is 18.2 Å². The van der Waals surface area contributed by atoms with E-state index in [1.165, 1.54) is 83.5 Å². The van der Waals surface area contributed by atoms with Crippen LogP contribution in [0.3, 0.4) is 0 Å². The van der Waals surface area contributed by atoms with Gasteiger partial charge in [0.1, 0.15) is 6.61 Å².